The van der Waals surface area contributed by atoms with Crippen molar-refractivity contribution < 1.29 is 19.1 Å². The summed E-state index contributed by atoms with van der Waals surface area (Å²) in [6, 6.07) is 23.5. The standard InChI is InChI=1S/C28H27N3O4/c1-20(16-21-10-6-4-7-11-21)19-29-31-28(33)25(30-27(32)22-12-8-5-9-13-22)18-23-17-24(34-2)14-15-26(23)35-3/h4-19H,1-3H3,(H,30,32)(H,31,33). The Morgan fingerprint density at radius 3 is 2.20 bits per heavy atom. The van der Waals surface area contributed by atoms with Gasteiger partial charge in [-0.1, -0.05) is 54.6 Å². The molecule has 0 atom stereocenters. The van der Waals surface area contributed by atoms with E-state index in [9.17, 15) is 9.59 Å². The first-order valence-corrected chi connectivity index (χ1v) is 10.9. The molecule has 0 fully saturated rings. The highest BCUT2D eigenvalue weighted by Crippen LogP contribution is 2.26. The molecule has 0 saturated heterocycles. The van der Waals surface area contributed by atoms with E-state index in [2.05, 4.69) is 15.8 Å². The summed E-state index contributed by atoms with van der Waals surface area (Å²) in [5, 5.41) is 6.72. The number of nitrogens with zero attached hydrogens (tertiary/aromatic N) is 1. The van der Waals surface area contributed by atoms with Crippen LogP contribution in [0.1, 0.15) is 28.4 Å². The molecule has 178 valence electrons. The molecular formula is C28H27N3O4. The number of carbonyl (C=O) groups excluding carboxylic acids is 2. The smallest absolute Gasteiger partial charge is 0.287 e. The highest BCUT2D eigenvalue weighted by molar-refractivity contribution is 6.05. The molecule has 7 heteroatoms. The third kappa shape index (κ3) is 7.43. The highest BCUT2D eigenvalue weighted by atomic mass is 16.5. The molecular weight excluding hydrogens is 442 g/mol. The normalized spacial score (nSPS) is 11.7. The van der Waals surface area contributed by atoms with Crippen LogP contribution in [0.3, 0.4) is 0 Å². The second kappa shape index (κ2) is 12.6. The minimum atomic E-state index is -0.595. The van der Waals surface area contributed by atoms with E-state index in [1.807, 2.05) is 43.3 Å². The van der Waals surface area contributed by atoms with Crippen molar-refractivity contribution in [2.75, 3.05) is 14.2 Å². The van der Waals surface area contributed by atoms with Gasteiger partial charge >= 0.3 is 0 Å². The van der Waals surface area contributed by atoms with E-state index in [0.717, 1.165) is 11.1 Å². The zero-order valence-corrected chi connectivity index (χ0v) is 19.8. The third-order valence-corrected chi connectivity index (χ3v) is 4.89. The summed E-state index contributed by atoms with van der Waals surface area (Å²) in [7, 11) is 3.06. The molecule has 0 spiro atoms. The second-order valence-electron chi connectivity index (χ2n) is 7.48. The lowest BCUT2D eigenvalue weighted by atomic mass is 10.1. The Morgan fingerprint density at radius 2 is 1.54 bits per heavy atom. The number of hydrogen-bond acceptors (Lipinski definition) is 5. The first-order valence-electron chi connectivity index (χ1n) is 10.9. The Bertz CT molecular complexity index is 1250. The molecule has 0 aromatic heterocycles. The number of carbonyl (C=O) groups is 2. The number of hydrazone groups is 1. The molecule has 3 rings (SSSR count). The molecule has 0 bridgehead atoms. The second-order valence-corrected chi connectivity index (χ2v) is 7.48. The van der Waals surface area contributed by atoms with Gasteiger partial charge in [0, 0.05) is 11.1 Å². The van der Waals surface area contributed by atoms with Crippen molar-refractivity contribution in [1.29, 1.82) is 0 Å². The number of allylic oxidation sites excluding steroid dienone is 1. The van der Waals surface area contributed by atoms with Crippen LogP contribution in [0.4, 0.5) is 0 Å². The van der Waals surface area contributed by atoms with E-state index < -0.39 is 11.8 Å². The molecule has 0 unspecified atom stereocenters. The summed E-state index contributed by atoms with van der Waals surface area (Å²) >= 11 is 0. The summed E-state index contributed by atoms with van der Waals surface area (Å²) < 4.78 is 10.7. The summed E-state index contributed by atoms with van der Waals surface area (Å²) in [5.41, 5.74) is 5.29. The van der Waals surface area contributed by atoms with Gasteiger partial charge in [0.25, 0.3) is 11.8 Å². The molecule has 7 nitrogen and oxygen atoms in total. The van der Waals surface area contributed by atoms with E-state index in [1.54, 1.807) is 55.6 Å². The molecule has 3 aromatic carbocycles. The lowest BCUT2D eigenvalue weighted by Crippen LogP contribution is -2.32. The first kappa shape index (κ1) is 25.0. The topological polar surface area (TPSA) is 89.0 Å². The minimum Gasteiger partial charge on any atom is -0.497 e. The molecule has 0 saturated carbocycles. The molecule has 2 amide bonds. The minimum absolute atomic E-state index is 0.00718. The van der Waals surface area contributed by atoms with E-state index in [0.29, 0.717) is 22.6 Å². The predicted molar refractivity (Wildman–Crippen MR) is 138 cm³/mol. The lowest BCUT2D eigenvalue weighted by Gasteiger charge is -2.12. The van der Waals surface area contributed by atoms with E-state index in [4.69, 9.17) is 9.47 Å². The van der Waals surface area contributed by atoms with Gasteiger partial charge in [0.2, 0.25) is 0 Å². The summed E-state index contributed by atoms with van der Waals surface area (Å²) in [5.74, 6) is 0.0574. The Labute approximate surface area is 204 Å². The van der Waals surface area contributed by atoms with Gasteiger partial charge in [-0.3, -0.25) is 9.59 Å². The average molecular weight is 470 g/mol. The van der Waals surface area contributed by atoms with E-state index >= 15 is 0 Å². The number of benzene rings is 3. The number of ether oxygens (including phenoxy) is 2. The quantitative estimate of drug-likeness (QED) is 0.271. The van der Waals surface area contributed by atoms with Crippen molar-refractivity contribution in [2.45, 2.75) is 6.92 Å². The summed E-state index contributed by atoms with van der Waals surface area (Å²) in [6.07, 6.45) is 4.98. The average Bonchev–Trinajstić information content (AvgIpc) is 2.89. The molecule has 35 heavy (non-hydrogen) atoms. The van der Waals surface area contributed by atoms with Crippen LogP contribution in [0.25, 0.3) is 12.2 Å². The number of amides is 2. The van der Waals surface area contributed by atoms with Crippen LogP contribution in [0.5, 0.6) is 11.5 Å². The molecule has 0 aliphatic carbocycles. The Balaban J connectivity index is 1.86. The lowest BCUT2D eigenvalue weighted by molar-refractivity contribution is -0.117. The van der Waals surface area contributed by atoms with Crippen molar-refractivity contribution in [3.8, 4) is 11.5 Å². The summed E-state index contributed by atoms with van der Waals surface area (Å²) in [4.78, 5) is 25.8. The summed E-state index contributed by atoms with van der Waals surface area (Å²) in [6.45, 7) is 1.87. The van der Waals surface area contributed by atoms with Crippen LogP contribution in [0, 0.1) is 0 Å². The molecule has 0 heterocycles. The Morgan fingerprint density at radius 1 is 0.857 bits per heavy atom. The number of methoxy groups -OCH3 is 2. The molecule has 3 aromatic rings. The van der Waals surface area contributed by atoms with Crippen molar-refractivity contribution in [3.05, 3.63) is 107 Å². The van der Waals surface area contributed by atoms with E-state index in [-0.39, 0.29) is 5.70 Å². The third-order valence-electron chi connectivity index (χ3n) is 4.89. The van der Waals surface area contributed by atoms with Crippen LogP contribution in [-0.4, -0.2) is 32.2 Å². The van der Waals surface area contributed by atoms with Crippen molar-refractivity contribution >= 4 is 30.2 Å². The van der Waals surface area contributed by atoms with Gasteiger partial charge in [0.15, 0.2) is 0 Å². The molecule has 0 aliphatic heterocycles. The Kier molecular flexibility index (Phi) is 8.96. The zero-order chi connectivity index (χ0) is 25.0. The largest absolute Gasteiger partial charge is 0.497 e. The van der Waals surface area contributed by atoms with Crippen LogP contribution in [-0.2, 0) is 4.79 Å². The van der Waals surface area contributed by atoms with Gasteiger partial charge in [-0.05, 0) is 54.5 Å². The van der Waals surface area contributed by atoms with Gasteiger partial charge in [-0.25, -0.2) is 5.43 Å². The number of hydrogen-bond donors (Lipinski definition) is 2. The van der Waals surface area contributed by atoms with E-state index in [1.165, 1.54) is 19.4 Å². The zero-order valence-electron chi connectivity index (χ0n) is 19.8. The monoisotopic (exact) mass is 469 g/mol. The van der Waals surface area contributed by atoms with Gasteiger partial charge in [0.1, 0.15) is 17.2 Å². The van der Waals surface area contributed by atoms with Crippen LogP contribution >= 0.6 is 0 Å². The molecule has 0 aliphatic rings. The van der Waals surface area contributed by atoms with Gasteiger partial charge < -0.3 is 14.8 Å². The van der Waals surface area contributed by atoms with Crippen LogP contribution in [0.2, 0.25) is 0 Å². The Hall–Kier alpha value is -4.65. The first-order chi connectivity index (χ1) is 17.0. The van der Waals surface area contributed by atoms with Gasteiger partial charge in [-0.2, -0.15) is 5.10 Å². The van der Waals surface area contributed by atoms with Crippen LogP contribution < -0.4 is 20.2 Å². The molecule has 2 N–H and O–H groups in total. The van der Waals surface area contributed by atoms with Crippen molar-refractivity contribution in [3.63, 3.8) is 0 Å². The van der Waals surface area contributed by atoms with Crippen molar-refractivity contribution in [2.24, 2.45) is 5.10 Å². The fourth-order valence-electron chi connectivity index (χ4n) is 3.15. The van der Waals surface area contributed by atoms with Crippen molar-refractivity contribution in [1.82, 2.24) is 10.7 Å². The fourth-order valence-corrected chi connectivity index (χ4v) is 3.15. The van der Waals surface area contributed by atoms with Crippen LogP contribution in [0.15, 0.2) is 95.2 Å². The fraction of sp³-hybridized carbons (Fsp3) is 0.107. The number of rotatable bonds is 9. The van der Waals surface area contributed by atoms with Gasteiger partial charge in [0.05, 0.1) is 20.4 Å². The maximum Gasteiger partial charge on any atom is 0.287 e. The molecule has 0 radical (unpaired) electrons. The highest BCUT2D eigenvalue weighted by Gasteiger charge is 2.16. The van der Waals surface area contributed by atoms with Gasteiger partial charge in [-0.15, -0.1) is 0 Å². The number of nitrogens with one attached hydrogen (secondary N) is 2. The maximum atomic E-state index is 13.0. The maximum absolute atomic E-state index is 13.0. The predicted octanol–water partition coefficient (Wildman–Crippen LogP) is 4.68. The SMILES string of the molecule is COc1ccc(OC)c(C=C(NC(=O)c2ccccc2)C(=O)NN=CC(C)=Cc2ccccc2)c1.